The summed E-state index contributed by atoms with van der Waals surface area (Å²) in [7, 11) is 1.70. The highest BCUT2D eigenvalue weighted by Gasteiger charge is 2.28. The highest BCUT2D eigenvalue weighted by molar-refractivity contribution is 5.94. The van der Waals surface area contributed by atoms with Crippen LogP contribution in [0, 0.1) is 6.92 Å². The lowest BCUT2D eigenvalue weighted by Crippen LogP contribution is -2.44. The number of rotatable bonds is 4. The number of carbonyl (C=O) groups excluding carboxylic acids is 2. The fraction of sp³-hybridized carbons (Fsp3) is 0.400. The van der Waals surface area contributed by atoms with Crippen LogP contribution in [0.1, 0.15) is 40.8 Å². The van der Waals surface area contributed by atoms with Gasteiger partial charge in [0.05, 0.1) is 0 Å². The molecule has 1 aromatic carbocycles. The molecule has 0 saturated heterocycles. The van der Waals surface area contributed by atoms with Gasteiger partial charge in [0.15, 0.2) is 5.69 Å². The first-order chi connectivity index (χ1) is 13.3. The maximum Gasteiger partial charge on any atom is 0.296 e. The average molecular weight is 384 g/mol. The molecule has 1 aromatic heterocycles. The monoisotopic (exact) mass is 384 g/mol. The third-order valence-corrected chi connectivity index (χ3v) is 5.16. The van der Waals surface area contributed by atoms with Gasteiger partial charge < -0.3 is 15.3 Å². The van der Waals surface area contributed by atoms with E-state index in [2.05, 4.69) is 10.3 Å². The van der Waals surface area contributed by atoms with Crippen LogP contribution < -0.4 is 10.9 Å². The summed E-state index contributed by atoms with van der Waals surface area (Å²) >= 11 is 0. The van der Waals surface area contributed by atoms with Gasteiger partial charge in [-0.1, -0.05) is 29.8 Å². The zero-order chi connectivity index (χ0) is 20.4. The first kappa shape index (κ1) is 19.6. The molecule has 0 radical (unpaired) electrons. The largest absolute Gasteiger partial charge is 0.501 e. The van der Waals surface area contributed by atoms with Crippen molar-refractivity contribution in [2.45, 2.75) is 45.8 Å². The lowest BCUT2D eigenvalue weighted by Gasteiger charge is -2.32. The third kappa shape index (κ3) is 3.90. The summed E-state index contributed by atoms with van der Waals surface area (Å²) in [4.78, 5) is 42.5. The zero-order valence-corrected chi connectivity index (χ0v) is 16.2. The number of carbonyl (C=O) groups is 2. The minimum Gasteiger partial charge on any atom is -0.501 e. The maximum absolute atomic E-state index is 12.5. The van der Waals surface area contributed by atoms with Gasteiger partial charge in [-0.3, -0.25) is 19.0 Å². The predicted octanol–water partition coefficient (Wildman–Crippen LogP) is 0.980. The topological polar surface area (TPSA) is 105 Å². The van der Waals surface area contributed by atoms with Crippen molar-refractivity contribution in [3.05, 3.63) is 57.3 Å². The Morgan fingerprint density at radius 1 is 1.32 bits per heavy atom. The van der Waals surface area contributed by atoms with Crippen molar-refractivity contribution in [1.82, 2.24) is 19.8 Å². The van der Waals surface area contributed by atoms with Gasteiger partial charge >= 0.3 is 0 Å². The average Bonchev–Trinajstić information content (AvgIpc) is 2.69. The van der Waals surface area contributed by atoms with E-state index in [1.54, 1.807) is 11.9 Å². The number of benzene rings is 1. The van der Waals surface area contributed by atoms with Gasteiger partial charge in [-0.15, -0.1) is 0 Å². The Morgan fingerprint density at radius 3 is 2.64 bits per heavy atom. The van der Waals surface area contributed by atoms with Gasteiger partial charge in [-0.25, -0.2) is 4.98 Å². The number of aromatic nitrogens is 2. The molecule has 1 aliphatic rings. The molecule has 2 amide bonds. The zero-order valence-electron chi connectivity index (χ0n) is 16.2. The highest BCUT2D eigenvalue weighted by atomic mass is 16.3. The van der Waals surface area contributed by atoms with Crippen molar-refractivity contribution in [1.29, 1.82) is 0 Å². The Bertz CT molecular complexity index is 965. The summed E-state index contributed by atoms with van der Waals surface area (Å²) < 4.78 is 1.37. The van der Waals surface area contributed by atoms with E-state index in [4.69, 9.17) is 0 Å². The van der Waals surface area contributed by atoms with Crippen LogP contribution in [0.25, 0.3) is 0 Å². The number of amides is 2. The molecule has 0 saturated carbocycles. The number of aromatic hydroxyl groups is 1. The van der Waals surface area contributed by atoms with E-state index in [9.17, 15) is 19.5 Å². The van der Waals surface area contributed by atoms with Gasteiger partial charge in [0.2, 0.25) is 11.7 Å². The summed E-state index contributed by atoms with van der Waals surface area (Å²) in [5, 5.41) is 12.9. The molecular formula is C20H24N4O4. The van der Waals surface area contributed by atoms with E-state index in [-0.39, 0.29) is 24.2 Å². The van der Waals surface area contributed by atoms with Crippen LogP contribution in [0.5, 0.6) is 5.75 Å². The fourth-order valence-corrected chi connectivity index (χ4v) is 3.28. The Morgan fingerprint density at radius 2 is 2.00 bits per heavy atom. The Balaban J connectivity index is 1.82. The van der Waals surface area contributed by atoms with Crippen LogP contribution >= 0.6 is 0 Å². The van der Waals surface area contributed by atoms with E-state index in [0.717, 1.165) is 11.1 Å². The third-order valence-electron chi connectivity index (χ3n) is 5.16. The van der Waals surface area contributed by atoms with Crippen molar-refractivity contribution in [3.63, 3.8) is 0 Å². The van der Waals surface area contributed by atoms with Gasteiger partial charge in [-0.05, 0) is 18.9 Å². The summed E-state index contributed by atoms with van der Waals surface area (Å²) in [5.74, 6) is -0.938. The Labute approximate surface area is 162 Å². The van der Waals surface area contributed by atoms with Crippen molar-refractivity contribution in [3.8, 4) is 5.75 Å². The second-order valence-corrected chi connectivity index (χ2v) is 7.13. The number of nitrogens with zero attached hydrogens (tertiary/aromatic N) is 3. The van der Waals surface area contributed by atoms with Crippen molar-refractivity contribution < 1.29 is 14.7 Å². The van der Waals surface area contributed by atoms with E-state index in [0.29, 0.717) is 25.2 Å². The standard InChI is InChI=1S/C20H24N4O4/c1-12-4-6-14(7-5-12)11-21-19(27)17-18(26)20(28)24-9-8-15(10-16(24)22-17)23(3)13(2)25/h4-7,15,26H,8-11H2,1-3H3,(H,21,27). The van der Waals surface area contributed by atoms with Crippen LogP contribution in [0.15, 0.2) is 29.1 Å². The van der Waals surface area contributed by atoms with Crippen LogP contribution in [0.2, 0.25) is 0 Å². The van der Waals surface area contributed by atoms with Crippen molar-refractivity contribution >= 4 is 11.8 Å². The maximum atomic E-state index is 12.5. The first-order valence-electron chi connectivity index (χ1n) is 9.17. The molecule has 0 bridgehead atoms. The van der Waals surface area contributed by atoms with Crippen LogP contribution in [0.4, 0.5) is 0 Å². The molecule has 1 unspecified atom stereocenters. The summed E-state index contributed by atoms with van der Waals surface area (Å²) in [6.07, 6.45) is 0.937. The lowest BCUT2D eigenvalue weighted by molar-refractivity contribution is -0.129. The van der Waals surface area contributed by atoms with Gasteiger partial charge in [0, 0.05) is 39.5 Å². The second-order valence-electron chi connectivity index (χ2n) is 7.13. The molecule has 0 aliphatic carbocycles. The molecule has 2 heterocycles. The molecule has 2 N–H and O–H groups in total. The van der Waals surface area contributed by atoms with E-state index in [1.807, 2.05) is 31.2 Å². The van der Waals surface area contributed by atoms with Gasteiger partial charge in [-0.2, -0.15) is 0 Å². The lowest BCUT2D eigenvalue weighted by atomic mass is 10.0. The number of hydrogen-bond acceptors (Lipinski definition) is 5. The number of nitrogens with one attached hydrogen (secondary N) is 1. The molecular weight excluding hydrogens is 360 g/mol. The van der Waals surface area contributed by atoms with Gasteiger partial charge in [0.1, 0.15) is 5.82 Å². The van der Waals surface area contributed by atoms with Gasteiger partial charge in [0.25, 0.3) is 11.5 Å². The molecule has 8 nitrogen and oxygen atoms in total. The second kappa shape index (κ2) is 7.84. The summed E-state index contributed by atoms with van der Waals surface area (Å²) in [5.41, 5.74) is 1.10. The van der Waals surface area contributed by atoms with Crippen molar-refractivity contribution in [2.24, 2.45) is 0 Å². The summed E-state index contributed by atoms with van der Waals surface area (Å²) in [6.45, 7) is 4.05. The molecule has 1 atom stereocenters. The first-order valence-corrected chi connectivity index (χ1v) is 9.17. The molecule has 0 spiro atoms. The van der Waals surface area contributed by atoms with Crippen LogP contribution in [-0.2, 0) is 24.3 Å². The smallest absolute Gasteiger partial charge is 0.296 e. The molecule has 0 fully saturated rings. The molecule has 28 heavy (non-hydrogen) atoms. The number of aryl methyl sites for hydroxylation is 1. The molecule has 148 valence electrons. The highest BCUT2D eigenvalue weighted by Crippen LogP contribution is 2.19. The Hall–Kier alpha value is -3.16. The number of hydrogen-bond donors (Lipinski definition) is 2. The molecule has 3 rings (SSSR count). The van der Waals surface area contributed by atoms with Crippen molar-refractivity contribution in [2.75, 3.05) is 7.05 Å². The van der Waals surface area contributed by atoms with Crippen LogP contribution in [-0.4, -0.2) is 44.5 Å². The number of likely N-dealkylation sites (N-methyl/N-ethyl adjacent to an activating group) is 1. The minimum absolute atomic E-state index is 0.0735. The van der Waals surface area contributed by atoms with E-state index >= 15 is 0 Å². The quantitative estimate of drug-likeness (QED) is 0.818. The SMILES string of the molecule is CC(=O)N(C)C1CCn2c(nc(C(=O)NCc3ccc(C)cc3)c(O)c2=O)C1. The van der Waals surface area contributed by atoms with E-state index in [1.165, 1.54) is 11.5 Å². The molecule has 2 aromatic rings. The van der Waals surface area contributed by atoms with Crippen LogP contribution in [0.3, 0.4) is 0 Å². The Kier molecular flexibility index (Phi) is 5.48. The molecule has 8 heteroatoms. The predicted molar refractivity (Wildman–Crippen MR) is 103 cm³/mol. The van der Waals surface area contributed by atoms with E-state index < -0.39 is 17.2 Å². The normalized spacial score (nSPS) is 15.6. The fourth-order valence-electron chi connectivity index (χ4n) is 3.28. The number of fused-ring (bicyclic) bond motifs is 1. The summed E-state index contributed by atoms with van der Waals surface area (Å²) in [6, 6.07) is 7.57. The minimum atomic E-state index is -0.650. The molecule has 1 aliphatic heterocycles.